The average Bonchev–Trinajstić information content (AvgIpc) is 2.55. The minimum Gasteiger partial charge on any atom is -0.394 e. The second kappa shape index (κ2) is 4.21. The molecule has 0 aliphatic carbocycles. The van der Waals surface area contributed by atoms with Gasteiger partial charge in [0.15, 0.2) is 12.1 Å². The quantitative estimate of drug-likeness (QED) is 0.653. The smallest absolute Gasteiger partial charge is 0.186 e. The van der Waals surface area contributed by atoms with E-state index in [-0.39, 0.29) is 6.61 Å². The fourth-order valence-electron chi connectivity index (χ4n) is 2.17. The zero-order valence-corrected chi connectivity index (χ0v) is 9.62. The highest BCUT2D eigenvalue weighted by molar-refractivity contribution is 4.95. The highest BCUT2D eigenvalue weighted by Gasteiger charge is 2.54. The molecule has 5 atom stereocenters. The van der Waals surface area contributed by atoms with Gasteiger partial charge in [0.25, 0.3) is 0 Å². The number of methoxy groups -OCH3 is 1. The normalized spacial score (nSPS) is 46.7. The zero-order chi connectivity index (χ0) is 11.9. The predicted octanol–water partition coefficient (Wildman–Crippen LogP) is -0.769. The molecule has 0 unspecified atom stereocenters. The maximum atomic E-state index is 9.94. The van der Waals surface area contributed by atoms with Gasteiger partial charge in [-0.05, 0) is 13.8 Å². The van der Waals surface area contributed by atoms with Gasteiger partial charge in [-0.1, -0.05) is 0 Å². The molecule has 2 rings (SSSR count). The molecule has 16 heavy (non-hydrogen) atoms. The minimum atomic E-state index is -0.914. The van der Waals surface area contributed by atoms with Gasteiger partial charge in [0, 0.05) is 7.11 Å². The van der Waals surface area contributed by atoms with Crippen LogP contribution in [-0.2, 0) is 18.9 Å². The third-order valence-electron chi connectivity index (χ3n) is 2.87. The van der Waals surface area contributed by atoms with Crippen LogP contribution in [0.4, 0.5) is 0 Å². The van der Waals surface area contributed by atoms with Gasteiger partial charge < -0.3 is 29.2 Å². The van der Waals surface area contributed by atoms with Crippen LogP contribution in [0.1, 0.15) is 13.8 Å². The number of aliphatic hydroxyl groups excluding tert-OH is 2. The van der Waals surface area contributed by atoms with Crippen molar-refractivity contribution < 1.29 is 29.2 Å². The molecule has 2 aliphatic rings. The number of fused-ring (bicyclic) bond motifs is 1. The van der Waals surface area contributed by atoms with Crippen LogP contribution in [0.2, 0.25) is 0 Å². The van der Waals surface area contributed by atoms with Crippen LogP contribution in [0.3, 0.4) is 0 Å². The molecular weight excluding hydrogens is 216 g/mol. The van der Waals surface area contributed by atoms with Gasteiger partial charge >= 0.3 is 0 Å². The van der Waals surface area contributed by atoms with E-state index in [9.17, 15) is 5.11 Å². The molecule has 0 saturated carbocycles. The van der Waals surface area contributed by atoms with Crippen LogP contribution < -0.4 is 0 Å². The van der Waals surface area contributed by atoms with Crippen molar-refractivity contribution in [1.82, 2.24) is 0 Å². The van der Waals surface area contributed by atoms with Gasteiger partial charge in [-0.25, -0.2) is 0 Å². The molecule has 0 aromatic heterocycles. The summed E-state index contributed by atoms with van der Waals surface area (Å²) >= 11 is 0. The number of ether oxygens (including phenoxy) is 4. The van der Waals surface area contributed by atoms with Crippen LogP contribution in [0.25, 0.3) is 0 Å². The number of hydrogen-bond donors (Lipinski definition) is 2. The summed E-state index contributed by atoms with van der Waals surface area (Å²) in [5.41, 5.74) is 0. The van der Waals surface area contributed by atoms with E-state index in [0.29, 0.717) is 0 Å². The molecule has 0 aromatic rings. The lowest BCUT2D eigenvalue weighted by Crippen LogP contribution is -2.57. The lowest BCUT2D eigenvalue weighted by molar-refractivity contribution is -0.272. The molecule has 0 radical (unpaired) electrons. The molecule has 2 aliphatic heterocycles. The summed E-state index contributed by atoms with van der Waals surface area (Å²) in [6, 6.07) is 0. The Labute approximate surface area is 94.1 Å². The fourth-order valence-corrected chi connectivity index (χ4v) is 2.17. The summed E-state index contributed by atoms with van der Waals surface area (Å²) in [4.78, 5) is 0. The molecule has 0 bridgehead atoms. The van der Waals surface area contributed by atoms with E-state index in [0.717, 1.165) is 0 Å². The second-order valence-corrected chi connectivity index (χ2v) is 4.52. The molecule has 2 fully saturated rings. The molecule has 0 spiro atoms. The third-order valence-corrected chi connectivity index (χ3v) is 2.87. The molecule has 2 heterocycles. The first-order chi connectivity index (χ1) is 7.48. The van der Waals surface area contributed by atoms with Crippen LogP contribution in [0.5, 0.6) is 0 Å². The van der Waals surface area contributed by atoms with Gasteiger partial charge in [0.2, 0.25) is 0 Å². The minimum absolute atomic E-state index is 0.284. The van der Waals surface area contributed by atoms with E-state index in [4.69, 9.17) is 24.1 Å². The summed E-state index contributed by atoms with van der Waals surface area (Å²) in [5, 5.41) is 19.0. The molecule has 0 amide bonds. The topological polar surface area (TPSA) is 77.4 Å². The Morgan fingerprint density at radius 3 is 2.44 bits per heavy atom. The van der Waals surface area contributed by atoms with Crippen LogP contribution in [-0.4, -0.2) is 60.4 Å². The van der Waals surface area contributed by atoms with E-state index in [1.807, 2.05) is 0 Å². The van der Waals surface area contributed by atoms with Crippen molar-refractivity contribution in [3.8, 4) is 0 Å². The summed E-state index contributed by atoms with van der Waals surface area (Å²) in [6.07, 6.45) is -3.26. The van der Waals surface area contributed by atoms with Crippen molar-refractivity contribution in [3.63, 3.8) is 0 Å². The molecule has 94 valence electrons. The Morgan fingerprint density at radius 1 is 1.25 bits per heavy atom. The molecule has 0 aromatic carbocycles. The summed E-state index contributed by atoms with van der Waals surface area (Å²) in [5.74, 6) is -0.777. The van der Waals surface area contributed by atoms with Crippen molar-refractivity contribution >= 4 is 0 Å². The lowest BCUT2D eigenvalue weighted by atomic mass is 9.99. The third kappa shape index (κ3) is 1.97. The standard InChI is InChI=1S/C10H18O6/c1-10(2)15-7-6(12)5(4-11)14-9(13-3)8(7)16-10/h5-9,11-12H,4H2,1-3H3/t5-,6-,7+,8+,9+/m1/s1. The lowest BCUT2D eigenvalue weighted by Gasteiger charge is -2.38. The molecule has 2 N–H and O–H groups in total. The summed E-state index contributed by atoms with van der Waals surface area (Å²) in [6.45, 7) is 3.24. The van der Waals surface area contributed by atoms with Gasteiger partial charge in [-0.3, -0.25) is 0 Å². The largest absolute Gasteiger partial charge is 0.394 e. The number of hydrogen-bond acceptors (Lipinski definition) is 6. The van der Waals surface area contributed by atoms with E-state index in [1.54, 1.807) is 13.8 Å². The maximum absolute atomic E-state index is 9.94. The number of aliphatic hydroxyl groups is 2. The van der Waals surface area contributed by atoms with Gasteiger partial charge in [-0.15, -0.1) is 0 Å². The van der Waals surface area contributed by atoms with Gasteiger partial charge in [-0.2, -0.15) is 0 Å². The predicted molar refractivity (Wildman–Crippen MR) is 52.6 cm³/mol. The van der Waals surface area contributed by atoms with Gasteiger partial charge in [0.1, 0.15) is 24.4 Å². The maximum Gasteiger partial charge on any atom is 0.186 e. The van der Waals surface area contributed by atoms with Crippen molar-refractivity contribution in [3.05, 3.63) is 0 Å². The summed E-state index contributed by atoms with van der Waals surface area (Å²) < 4.78 is 21.7. The van der Waals surface area contributed by atoms with Crippen LogP contribution >= 0.6 is 0 Å². The van der Waals surface area contributed by atoms with Crippen molar-refractivity contribution in [2.75, 3.05) is 13.7 Å². The van der Waals surface area contributed by atoms with Gasteiger partial charge in [0.05, 0.1) is 6.61 Å². The Balaban J connectivity index is 2.18. The number of rotatable bonds is 2. The molecule has 6 heteroatoms. The Kier molecular flexibility index (Phi) is 3.22. The highest BCUT2D eigenvalue weighted by atomic mass is 16.8. The average molecular weight is 234 g/mol. The first-order valence-corrected chi connectivity index (χ1v) is 5.31. The Hall–Kier alpha value is -0.240. The highest BCUT2D eigenvalue weighted by Crippen LogP contribution is 2.37. The monoisotopic (exact) mass is 234 g/mol. The fraction of sp³-hybridized carbons (Fsp3) is 1.00. The summed E-state index contributed by atoms with van der Waals surface area (Å²) in [7, 11) is 1.49. The van der Waals surface area contributed by atoms with E-state index in [1.165, 1.54) is 7.11 Å². The van der Waals surface area contributed by atoms with Crippen molar-refractivity contribution in [1.29, 1.82) is 0 Å². The Morgan fingerprint density at radius 2 is 1.88 bits per heavy atom. The Bertz CT molecular complexity index is 256. The van der Waals surface area contributed by atoms with E-state index >= 15 is 0 Å². The second-order valence-electron chi connectivity index (χ2n) is 4.52. The van der Waals surface area contributed by atoms with E-state index in [2.05, 4.69) is 0 Å². The first-order valence-electron chi connectivity index (χ1n) is 5.31. The first kappa shape index (κ1) is 12.2. The molecule has 2 saturated heterocycles. The van der Waals surface area contributed by atoms with Crippen LogP contribution in [0, 0.1) is 0 Å². The zero-order valence-electron chi connectivity index (χ0n) is 9.62. The van der Waals surface area contributed by atoms with E-state index < -0.39 is 36.5 Å². The van der Waals surface area contributed by atoms with Crippen molar-refractivity contribution in [2.24, 2.45) is 0 Å². The van der Waals surface area contributed by atoms with Crippen LogP contribution in [0.15, 0.2) is 0 Å². The SMILES string of the molecule is CO[C@H]1O[C@H](CO)[C@@H](O)[C@@H]2OC(C)(C)O[C@H]12. The molecule has 6 nitrogen and oxygen atoms in total. The van der Waals surface area contributed by atoms with Crippen molar-refractivity contribution in [2.45, 2.75) is 50.3 Å². The molecular formula is C10H18O6.